The van der Waals surface area contributed by atoms with Crippen LogP contribution >= 0.6 is 23.4 Å². The maximum Gasteiger partial charge on any atom is 0.322 e. The van der Waals surface area contributed by atoms with Crippen LogP contribution in [0.5, 0.6) is 0 Å². The number of halogens is 1. The van der Waals surface area contributed by atoms with Gasteiger partial charge in [0.2, 0.25) is 5.28 Å². The molecule has 5 nitrogen and oxygen atoms in total. The summed E-state index contributed by atoms with van der Waals surface area (Å²) in [6.07, 6.45) is 0. The highest BCUT2D eigenvalue weighted by Crippen LogP contribution is 2.35. The van der Waals surface area contributed by atoms with Crippen LogP contribution in [0.1, 0.15) is 11.3 Å². The van der Waals surface area contributed by atoms with Crippen molar-refractivity contribution in [3.05, 3.63) is 50.9 Å². The molecule has 0 radical (unpaired) electrons. The van der Waals surface area contributed by atoms with E-state index >= 15 is 0 Å². The second kappa shape index (κ2) is 5.54. The zero-order valence-corrected chi connectivity index (χ0v) is 11.8. The van der Waals surface area contributed by atoms with Gasteiger partial charge in [0.05, 0.1) is 4.92 Å². The van der Waals surface area contributed by atoms with Crippen molar-refractivity contribution in [1.29, 1.82) is 0 Å². The number of hydrogen-bond donors (Lipinski definition) is 0. The lowest BCUT2D eigenvalue weighted by molar-refractivity contribution is -0.389. The third-order valence-corrected chi connectivity index (χ3v) is 3.52. The summed E-state index contributed by atoms with van der Waals surface area (Å²) in [5.74, 6) is 0. The fourth-order valence-corrected chi connectivity index (χ4v) is 2.91. The molecule has 2 aromatic rings. The van der Waals surface area contributed by atoms with Crippen molar-refractivity contribution < 1.29 is 4.92 Å². The third kappa shape index (κ3) is 3.21. The molecule has 0 amide bonds. The Kier molecular flexibility index (Phi) is 4.01. The summed E-state index contributed by atoms with van der Waals surface area (Å²) < 4.78 is 0. The van der Waals surface area contributed by atoms with Gasteiger partial charge < -0.3 is 0 Å². The lowest BCUT2D eigenvalue weighted by Crippen LogP contribution is -2.00. The molecular weight excluding hydrogens is 286 g/mol. The Morgan fingerprint density at radius 3 is 2.68 bits per heavy atom. The van der Waals surface area contributed by atoms with Crippen LogP contribution in [-0.4, -0.2) is 14.9 Å². The van der Waals surface area contributed by atoms with Gasteiger partial charge in [-0.3, -0.25) is 10.1 Å². The van der Waals surface area contributed by atoms with Gasteiger partial charge in [-0.25, -0.2) is 9.97 Å². The number of nitro groups is 1. The van der Waals surface area contributed by atoms with E-state index < -0.39 is 4.92 Å². The number of benzene rings is 1. The van der Waals surface area contributed by atoms with Crippen molar-refractivity contribution in [2.75, 3.05) is 0 Å². The van der Waals surface area contributed by atoms with Gasteiger partial charge in [-0.2, -0.15) is 0 Å². The van der Waals surface area contributed by atoms with E-state index in [9.17, 15) is 10.1 Å². The minimum atomic E-state index is -0.482. The van der Waals surface area contributed by atoms with E-state index in [2.05, 4.69) is 9.97 Å². The van der Waals surface area contributed by atoms with E-state index in [4.69, 9.17) is 11.6 Å². The predicted octanol–water partition coefficient (Wildman–Crippen LogP) is 3.81. The zero-order valence-electron chi connectivity index (χ0n) is 10.3. The first-order valence-electron chi connectivity index (χ1n) is 5.40. The molecule has 19 heavy (non-hydrogen) atoms. The van der Waals surface area contributed by atoms with Crippen LogP contribution in [0.3, 0.4) is 0 Å². The first-order valence-corrected chi connectivity index (χ1v) is 6.60. The van der Waals surface area contributed by atoms with Gasteiger partial charge in [0.15, 0.2) is 5.03 Å². The Hall–Kier alpha value is -1.66. The quantitative estimate of drug-likeness (QED) is 0.373. The van der Waals surface area contributed by atoms with Crippen molar-refractivity contribution in [1.82, 2.24) is 9.97 Å². The summed E-state index contributed by atoms with van der Waals surface area (Å²) in [4.78, 5) is 19.2. The maximum atomic E-state index is 11.1. The molecule has 0 bridgehead atoms. The SMILES string of the molecule is Cc1cccc(Sc2nc(Cl)nc(C)c2[N+](=O)[O-])c1. The van der Waals surface area contributed by atoms with Crippen LogP contribution in [0.4, 0.5) is 5.69 Å². The van der Waals surface area contributed by atoms with E-state index in [0.717, 1.165) is 10.5 Å². The van der Waals surface area contributed by atoms with Crippen LogP contribution in [-0.2, 0) is 0 Å². The van der Waals surface area contributed by atoms with Crippen LogP contribution in [0.2, 0.25) is 5.28 Å². The molecule has 7 heteroatoms. The summed E-state index contributed by atoms with van der Waals surface area (Å²) in [6.45, 7) is 3.50. The third-order valence-electron chi connectivity index (χ3n) is 2.39. The van der Waals surface area contributed by atoms with Gasteiger partial charge >= 0.3 is 5.69 Å². The van der Waals surface area contributed by atoms with E-state index in [0.29, 0.717) is 0 Å². The van der Waals surface area contributed by atoms with Gasteiger partial charge in [0.25, 0.3) is 0 Å². The molecular formula is C12H10ClN3O2S. The molecule has 2 rings (SSSR count). The van der Waals surface area contributed by atoms with Crippen molar-refractivity contribution in [3.63, 3.8) is 0 Å². The van der Waals surface area contributed by atoms with Crippen LogP contribution in [0.15, 0.2) is 34.2 Å². The minimum absolute atomic E-state index is 0.0123. The highest BCUT2D eigenvalue weighted by molar-refractivity contribution is 7.99. The number of aromatic nitrogens is 2. The van der Waals surface area contributed by atoms with Crippen LogP contribution in [0.25, 0.3) is 0 Å². The summed E-state index contributed by atoms with van der Waals surface area (Å²) in [7, 11) is 0. The highest BCUT2D eigenvalue weighted by Gasteiger charge is 2.22. The smallest absolute Gasteiger partial charge is 0.258 e. The molecule has 0 saturated heterocycles. The molecule has 0 aliphatic heterocycles. The lowest BCUT2D eigenvalue weighted by Gasteiger charge is -2.05. The van der Waals surface area contributed by atoms with Gasteiger partial charge in [0, 0.05) is 4.90 Å². The molecule has 0 aliphatic rings. The first-order chi connectivity index (χ1) is 8.97. The molecule has 98 valence electrons. The fourth-order valence-electron chi connectivity index (χ4n) is 1.58. The Morgan fingerprint density at radius 2 is 2.05 bits per heavy atom. The van der Waals surface area contributed by atoms with Crippen molar-refractivity contribution in [2.45, 2.75) is 23.8 Å². The molecule has 1 heterocycles. The molecule has 0 aliphatic carbocycles. The number of rotatable bonds is 3. The van der Waals surface area contributed by atoms with Gasteiger partial charge in [-0.1, -0.05) is 29.5 Å². The van der Waals surface area contributed by atoms with Crippen molar-refractivity contribution >= 4 is 29.1 Å². The number of nitrogens with zero attached hydrogens (tertiary/aromatic N) is 3. The molecule has 0 saturated carbocycles. The largest absolute Gasteiger partial charge is 0.322 e. The second-order valence-corrected chi connectivity index (χ2v) is 5.31. The molecule has 0 atom stereocenters. The van der Waals surface area contributed by atoms with E-state index in [1.54, 1.807) is 6.92 Å². The monoisotopic (exact) mass is 295 g/mol. The minimum Gasteiger partial charge on any atom is -0.258 e. The Bertz CT molecular complexity index is 649. The topological polar surface area (TPSA) is 68.9 Å². The normalized spacial score (nSPS) is 10.5. The number of hydrogen-bond acceptors (Lipinski definition) is 5. The maximum absolute atomic E-state index is 11.1. The zero-order chi connectivity index (χ0) is 14.0. The van der Waals surface area contributed by atoms with Crippen LogP contribution < -0.4 is 0 Å². The van der Waals surface area contributed by atoms with Crippen LogP contribution in [0, 0.1) is 24.0 Å². The van der Waals surface area contributed by atoms with Gasteiger partial charge in [-0.05, 0) is 37.6 Å². The Balaban J connectivity index is 2.47. The van der Waals surface area contributed by atoms with Crippen molar-refractivity contribution in [2.24, 2.45) is 0 Å². The fraction of sp³-hybridized carbons (Fsp3) is 0.167. The standard InChI is InChI=1S/C12H10ClN3O2S/c1-7-4-3-5-9(6-7)19-11-10(16(17)18)8(2)14-12(13)15-11/h3-6H,1-2H3. The molecule has 1 aromatic carbocycles. The van der Waals surface area contributed by atoms with Gasteiger partial charge in [-0.15, -0.1) is 0 Å². The summed E-state index contributed by atoms with van der Waals surface area (Å²) in [5, 5.41) is 11.3. The number of aryl methyl sites for hydroxylation is 2. The summed E-state index contributed by atoms with van der Waals surface area (Å²) >= 11 is 6.97. The molecule has 0 unspecified atom stereocenters. The predicted molar refractivity (Wildman–Crippen MR) is 73.7 cm³/mol. The van der Waals surface area contributed by atoms with Crippen molar-refractivity contribution in [3.8, 4) is 0 Å². The average Bonchev–Trinajstić information content (AvgIpc) is 2.26. The van der Waals surface area contributed by atoms with Gasteiger partial charge in [0.1, 0.15) is 5.69 Å². The second-order valence-electron chi connectivity index (χ2n) is 3.91. The summed E-state index contributed by atoms with van der Waals surface area (Å²) in [5.41, 5.74) is 1.24. The first kappa shape index (κ1) is 13.8. The Morgan fingerprint density at radius 1 is 1.32 bits per heavy atom. The lowest BCUT2D eigenvalue weighted by atomic mass is 10.2. The average molecular weight is 296 g/mol. The highest BCUT2D eigenvalue weighted by atomic mass is 35.5. The van der Waals surface area contributed by atoms with E-state index in [1.165, 1.54) is 11.8 Å². The molecule has 0 spiro atoms. The van der Waals surface area contributed by atoms with E-state index in [-0.39, 0.29) is 21.7 Å². The molecule has 0 fully saturated rings. The van der Waals surface area contributed by atoms with E-state index in [1.807, 2.05) is 31.2 Å². The molecule has 0 N–H and O–H groups in total. The summed E-state index contributed by atoms with van der Waals surface area (Å²) in [6, 6.07) is 7.64. The Labute approximate surface area is 119 Å². The molecule has 1 aromatic heterocycles.